The third kappa shape index (κ3) is 10.6. The van der Waals surface area contributed by atoms with Crippen LogP contribution in [0, 0.1) is 0 Å². The summed E-state index contributed by atoms with van der Waals surface area (Å²) in [5, 5.41) is 13.5. The normalized spacial score (nSPS) is 12.0. The van der Waals surface area contributed by atoms with Gasteiger partial charge in [-0.1, -0.05) is 190 Å². The van der Waals surface area contributed by atoms with Crippen LogP contribution in [-0.2, 0) is 8.85 Å². The Morgan fingerprint density at radius 3 is 0.936 bits per heavy atom. The fourth-order valence-corrected chi connectivity index (χ4v) is 15.4. The van der Waals surface area contributed by atoms with Crippen molar-refractivity contribution in [3.05, 3.63) is 121 Å². The van der Waals surface area contributed by atoms with E-state index in [0.29, 0.717) is 6.61 Å². The molecule has 0 atom stereocenters. The molecule has 0 amide bonds. The lowest BCUT2D eigenvalue weighted by molar-refractivity contribution is 0.290. The lowest BCUT2D eigenvalue weighted by atomic mass is 10.2. The summed E-state index contributed by atoms with van der Waals surface area (Å²) in [6.45, 7) is 22.2. The Kier molecular flexibility index (Phi) is 17.1. The zero-order valence-corrected chi connectivity index (χ0v) is 32.8. The molecular formula is C42H62O3Si2. The van der Waals surface area contributed by atoms with Crippen LogP contribution in [0.1, 0.15) is 88.0 Å². The topological polar surface area (TPSA) is 38.7 Å². The molecular weight excluding hydrogens is 609 g/mol. The van der Waals surface area contributed by atoms with Gasteiger partial charge >= 0.3 is 0 Å². The van der Waals surface area contributed by atoms with Crippen molar-refractivity contribution in [2.45, 2.75) is 98.1 Å². The average molecular weight is 671 g/mol. The largest absolute Gasteiger partial charge is 0.407 e. The van der Waals surface area contributed by atoms with Crippen molar-refractivity contribution in [3.8, 4) is 0 Å². The van der Waals surface area contributed by atoms with Crippen LogP contribution in [0.5, 0.6) is 0 Å². The third-order valence-electron chi connectivity index (χ3n) is 8.40. The van der Waals surface area contributed by atoms with Gasteiger partial charge in [0, 0.05) is 19.8 Å². The summed E-state index contributed by atoms with van der Waals surface area (Å²) in [6.07, 6.45) is 4.20. The zero-order valence-electron chi connectivity index (χ0n) is 30.8. The Morgan fingerprint density at radius 2 is 0.723 bits per heavy atom. The molecule has 0 saturated heterocycles. The van der Waals surface area contributed by atoms with Gasteiger partial charge in [0.05, 0.1) is 0 Å². The van der Waals surface area contributed by atoms with Crippen molar-refractivity contribution in [2.24, 2.45) is 0 Å². The molecule has 4 aromatic carbocycles. The Bertz CT molecular complexity index is 1270. The van der Waals surface area contributed by atoms with Crippen molar-refractivity contribution in [1.82, 2.24) is 0 Å². The van der Waals surface area contributed by atoms with Crippen LogP contribution in [0.25, 0.3) is 0 Å². The Morgan fingerprint density at radius 1 is 0.447 bits per heavy atom. The summed E-state index contributed by atoms with van der Waals surface area (Å²) in [6, 6.07) is 43.3. The minimum absolute atomic E-state index is 0.0868. The third-order valence-corrected chi connectivity index (χ3v) is 18.5. The van der Waals surface area contributed by atoms with Crippen molar-refractivity contribution < 1.29 is 14.0 Å². The van der Waals surface area contributed by atoms with Gasteiger partial charge in [0.25, 0.3) is 16.6 Å². The van der Waals surface area contributed by atoms with E-state index in [2.05, 4.69) is 177 Å². The maximum Gasteiger partial charge on any atom is 0.261 e. The summed E-state index contributed by atoms with van der Waals surface area (Å²) in [4.78, 5) is 0. The number of rotatable bonds is 12. The molecule has 0 aliphatic carbocycles. The van der Waals surface area contributed by atoms with E-state index in [4.69, 9.17) is 14.0 Å². The van der Waals surface area contributed by atoms with E-state index < -0.39 is 16.6 Å². The van der Waals surface area contributed by atoms with Crippen LogP contribution in [0.15, 0.2) is 121 Å². The zero-order chi connectivity index (χ0) is 34.8. The van der Waals surface area contributed by atoms with E-state index in [1.165, 1.54) is 20.7 Å². The molecule has 1 N–H and O–H groups in total. The van der Waals surface area contributed by atoms with Gasteiger partial charge in [-0.15, -0.1) is 0 Å². The van der Waals surface area contributed by atoms with E-state index in [0.717, 1.165) is 38.9 Å². The molecule has 0 aromatic heterocycles. The minimum atomic E-state index is -2.29. The molecule has 0 bridgehead atoms. The number of aliphatic hydroxyl groups excluding tert-OH is 1. The van der Waals surface area contributed by atoms with Gasteiger partial charge < -0.3 is 14.0 Å². The lowest BCUT2D eigenvalue weighted by Gasteiger charge is -2.43. The summed E-state index contributed by atoms with van der Waals surface area (Å²) >= 11 is 0. The van der Waals surface area contributed by atoms with Gasteiger partial charge in [-0.3, -0.25) is 0 Å². The number of unbranched alkanes of at least 4 members (excludes halogenated alkanes) is 1. The molecule has 256 valence electrons. The summed E-state index contributed by atoms with van der Waals surface area (Å²) in [7, 11) is -4.56. The SMILES string of the molecule is CCCCO[Si](c1ccccc1)(c1ccccc1)C(C)(C)C.CCCO.CCCO[Si](c1ccccc1)(c1ccccc1)C(C)(C)C. The first-order valence-corrected chi connectivity index (χ1v) is 21.4. The summed E-state index contributed by atoms with van der Waals surface area (Å²) in [5.41, 5.74) is 0. The van der Waals surface area contributed by atoms with Crippen LogP contribution in [0.2, 0.25) is 10.1 Å². The van der Waals surface area contributed by atoms with E-state index in [-0.39, 0.29) is 10.1 Å². The van der Waals surface area contributed by atoms with Crippen LogP contribution in [0.3, 0.4) is 0 Å². The van der Waals surface area contributed by atoms with Crippen molar-refractivity contribution in [3.63, 3.8) is 0 Å². The van der Waals surface area contributed by atoms with Gasteiger partial charge in [0.1, 0.15) is 0 Å². The van der Waals surface area contributed by atoms with Gasteiger partial charge in [0.15, 0.2) is 0 Å². The first-order valence-electron chi connectivity index (χ1n) is 17.6. The summed E-state index contributed by atoms with van der Waals surface area (Å²) < 4.78 is 13.4. The highest BCUT2D eigenvalue weighted by atomic mass is 28.4. The molecule has 0 aliphatic heterocycles. The fourth-order valence-electron chi connectivity index (χ4n) is 6.15. The molecule has 47 heavy (non-hydrogen) atoms. The van der Waals surface area contributed by atoms with Crippen LogP contribution < -0.4 is 20.7 Å². The molecule has 0 fully saturated rings. The fraction of sp³-hybridized carbons (Fsp3) is 0.429. The first kappa shape index (κ1) is 40.4. The summed E-state index contributed by atoms with van der Waals surface area (Å²) in [5.74, 6) is 0. The highest BCUT2D eigenvalue weighted by Gasteiger charge is 2.51. The van der Waals surface area contributed by atoms with Crippen LogP contribution in [0.4, 0.5) is 0 Å². The number of aliphatic hydroxyl groups is 1. The predicted molar refractivity (Wildman–Crippen MR) is 210 cm³/mol. The van der Waals surface area contributed by atoms with Gasteiger partial charge in [0.2, 0.25) is 0 Å². The smallest absolute Gasteiger partial charge is 0.261 e. The van der Waals surface area contributed by atoms with Crippen LogP contribution in [-0.4, -0.2) is 41.6 Å². The monoisotopic (exact) mass is 670 g/mol. The quantitative estimate of drug-likeness (QED) is 0.121. The van der Waals surface area contributed by atoms with E-state index in [1.54, 1.807) is 0 Å². The van der Waals surface area contributed by atoms with E-state index >= 15 is 0 Å². The van der Waals surface area contributed by atoms with E-state index in [9.17, 15) is 0 Å². The van der Waals surface area contributed by atoms with Crippen LogP contribution >= 0.6 is 0 Å². The maximum atomic E-state index is 7.88. The van der Waals surface area contributed by atoms with Gasteiger partial charge in [-0.05, 0) is 50.1 Å². The molecule has 0 spiro atoms. The molecule has 5 heteroatoms. The molecule has 0 radical (unpaired) electrons. The molecule has 3 nitrogen and oxygen atoms in total. The Hall–Kier alpha value is -2.81. The van der Waals surface area contributed by atoms with Crippen molar-refractivity contribution in [1.29, 1.82) is 0 Å². The van der Waals surface area contributed by atoms with Crippen molar-refractivity contribution in [2.75, 3.05) is 19.8 Å². The maximum absolute atomic E-state index is 7.88. The van der Waals surface area contributed by atoms with Gasteiger partial charge in [-0.25, -0.2) is 0 Å². The van der Waals surface area contributed by atoms with E-state index in [1.807, 2.05) is 6.92 Å². The molecule has 0 aliphatic rings. The standard InChI is InChI=1S/C20H28OSi.C19H26OSi.C3H8O/c1-5-6-17-21-22(20(2,3)4,18-13-9-7-10-14-18)19-15-11-8-12-16-19;1-5-16-20-21(19(2,3)4,17-12-8-6-9-13-17)18-14-10-7-11-15-18;1-2-3-4/h7-16H,5-6,17H2,1-4H3;6-15H,5,16H2,1-4H3;4H,2-3H2,1H3. The Labute approximate surface area is 289 Å². The van der Waals surface area contributed by atoms with Gasteiger partial charge in [-0.2, -0.15) is 0 Å². The lowest BCUT2D eigenvalue weighted by Crippen LogP contribution is -2.66. The first-order chi connectivity index (χ1) is 22.5. The molecule has 4 rings (SSSR count). The average Bonchev–Trinajstić information content (AvgIpc) is 3.08. The number of hydrogen-bond donors (Lipinski definition) is 1. The Balaban J connectivity index is 0.000000294. The second-order valence-corrected chi connectivity index (χ2v) is 22.7. The second kappa shape index (κ2) is 19.9. The molecule has 0 heterocycles. The molecule has 4 aromatic rings. The molecule has 0 unspecified atom stereocenters. The minimum Gasteiger partial charge on any atom is -0.407 e. The highest BCUT2D eigenvalue weighted by Crippen LogP contribution is 2.37. The number of hydrogen-bond acceptors (Lipinski definition) is 3. The highest BCUT2D eigenvalue weighted by molar-refractivity contribution is 7.00. The van der Waals surface area contributed by atoms with Crippen molar-refractivity contribution >= 4 is 37.4 Å². The molecule has 0 saturated carbocycles. The number of benzene rings is 4. The second-order valence-electron chi connectivity index (χ2n) is 14.1. The predicted octanol–water partition coefficient (Wildman–Crippen LogP) is 8.72.